The van der Waals surface area contributed by atoms with Gasteiger partial charge in [-0.05, 0) is 0 Å². The smallest absolute Gasteiger partial charge is 0.109 e. The van der Waals surface area contributed by atoms with Crippen LogP contribution in [0.1, 0.15) is 6.92 Å². The number of ether oxygens (including phenoxy) is 8. The van der Waals surface area contributed by atoms with E-state index in [0.29, 0.717) is 6.61 Å². The minimum absolute atomic E-state index is 0.00133. The maximum absolute atomic E-state index is 10.7. The summed E-state index contributed by atoms with van der Waals surface area (Å²) in [5.41, 5.74) is 0. The summed E-state index contributed by atoms with van der Waals surface area (Å²) in [6, 6.07) is 0. The van der Waals surface area contributed by atoms with Gasteiger partial charge in [0.1, 0.15) is 48.8 Å². The van der Waals surface area contributed by atoms with Crippen LogP contribution in [0.3, 0.4) is 0 Å². The van der Waals surface area contributed by atoms with E-state index < -0.39 is 91.0 Å². The third-order valence-electron chi connectivity index (χ3n) is 9.27. The van der Waals surface area contributed by atoms with E-state index in [1.54, 1.807) is 6.92 Å². The Hall–Kier alpha value is -0.640. The van der Waals surface area contributed by atoms with Gasteiger partial charge >= 0.3 is 0 Å². The van der Waals surface area contributed by atoms with Crippen LogP contribution in [0.2, 0.25) is 0 Å². The fourth-order valence-corrected chi connectivity index (χ4v) is 6.06. The van der Waals surface area contributed by atoms with Gasteiger partial charge in [-0.15, -0.1) is 0 Å². The van der Waals surface area contributed by atoms with Gasteiger partial charge in [0.05, 0.1) is 97.1 Å². The predicted molar refractivity (Wildman–Crippen MR) is 151 cm³/mol. The summed E-state index contributed by atoms with van der Waals surface area (Å²) < 4.78 is 44.4. The molecule has 0 radical (unpaired) electrons. The van der Waals surface area contributed by atoms with Crippen molar-refractivity contribution in [1.82, 2.24) is 0 Å². The van der Waals surface area contributed by atoms with Crippen molar-refractivity contribution in [3.05, 3.63) is 0 Å². The van der Waals surface area contributed by atoms with Gasteiger partial charge in [0.15, 0.2) is 0 Å². The number of hydrogen-bond acceptors (Lipinski definition) is 16. The Morgan fingerprint density at radius 2 is 0.733 bits per heavy atom. The van der Waals surface area contributed by atoms with Crippen LogP contribution in [0.25, 0.3) is 0 Å². The quantitative estimate of drug-likeness (QED) is 0.0882. The van der Waals surface area contributed by atoms with Crippen LogP contribution in [0.5, 0.6) is 0 Å². The monoisotopic (exact) mass is 656 g/mol. The highest BCUT2D eigenvalue weighted by Gasteiger charge is 2.43. The first-order chi connectivity index (χ1) is 21.5. The normalized spacial score (nSPS) is 46.3. The van der Waals surface area contributed by atoms with E-state index in [2.05, 4.69) is 0 Å². The number of aliphatic hydroxyl groups is 8. The van der Waals surface area contributed by atoms with Gasteiger partial charge < -0.3 is 78.7 Å². The summed E-state index contributed by atoms with van der Waals surface area (Å²) in [6.07, 6.45) is -12.0. The van der Waals surface area contributed by atoms with E-state index in [1.807, 2.05) is 0 Å². The Morgan fingerprint density at radius 1 is 0.422 bits per heavy atom. The first-order valence-electron chi connectivity index (χ1n) is 15.7. The molecule has 0 amide bonds. The van der Waals surface area contributed by atoms with Gasteiger partial charge in [0, 0.05) is 30.8 Å². The molecule has 6 unspecified atom stereocenters. The molecule has 4 fully saturated rings. The molecular weight excluding hydrogens is 604 g/mol. The molecule has 0 aromatic heterocycles. The lowest BCUT2D eigenvalue weighted by atomic mass is 9.92. The average molecular weight is 657 g/mol. The second-order valence-electron chi connectivity index (χ2n) is 12.7. The van der Waals surface area contributed by atoms with E-state index in [1.165, 1.54) is 7.11 Å². The van der Waals surface area contributed by atoms with Crippen LogP contribution in [0, 0.1) is 23.7 Å². The van der Waals surface area contributed by atoms with Crippen molar-refractivity contribution in [2.45, 2.75) is 80.2 Å². The molecule has 0 aliphatic carbocycles. The lowest BCUT2D eigenvalue weighted by molar-refractivity contribution is -0.213. The molecular formula is C29H52O16. The van der Waals surface area contributed by atoms with E-state index in [-0.39, 0.29) is 72.0 Å². The number of hydrogen-bond donors (Lipinski definition) is 8. The van der Waals surface area contributed by atoms with Crippen molar-refractivity contribution < 1.29 is 78.7 Å². The Bertz CT molecular complexity index is 855. The Labute approximate surface area is 262 Å². The molecule has 0 spiro atoms. The predicted octanol–water partition coefficient (Wildman–Crippen LogP) is -4.35. The molecule has 16 heteroatoms. The Kier molecular flexibility index (Phi) is 14.6. The molecule has 0 aromatic carbocycles. The van der Waals surface area contributed by atoms with E-state index in [9.17, 15) is 40.9 Å². The van der Waals surface area contributed by atoms with Crippen LogP contribution >= 0.6 is 0 Å². The summed E-state index contributed by atoms with van der Waals surface area (Å²) >= 11 is 0. The van der Waals surface area contributed by atoms with Crippen molar-refractivity contribution in [2.24, 2.45) is 23.7 Å². The van der Waals surface area contributed by atoms with Crippen molar-refractivity contribution in [1.29, 1.82) is 0 Å². The van der Waals surface area contributed by atoms with Crippen LogP contribution in [-0.2, 0) is 37.9 Å². The first-order valence-corrected chi connectivity index (χ1v) is 15.7. The molecule has 4 aliphatic heterocycles. The molecule has 16 atom stereocenters. The molecule has 4 saturated heterocycles. The first kappa shape index (κ1) is 37.2. The number of rotatable bonds is 14. The average Bonchev–Trinajstić information content (AvgIpc) is 3.02. The van der Waals surface area contributed by atoms with E-state index in [4.69, 9.17) is 37.9 Å². The summed E-state index contributed by atoms with van der Waals surface area (Å²) in [6.45, 7) is 2.55. The standard InChI is InChI=1S/C29H52O16/c1-14-3-42-19(26(34)22(14)30)11-39-5-16-8-44-21(28(36)24(16)32)13-41-6-17-9-45-20(29(37)25(17)33)12-40-4-15-7-43-18(10-38-2)27(35)23(15)31/h14-37H,3-13H2,1-2H3/t14-,15-,16-,17-,18+,19+,20+,21+,22-,23?,24?,25-,26?,27?,28?,29?/m1/s1. The molecule has 0 bridgehead atoms. The van der Waals surface area contributed by atoms with Gasteiger partial charge in [0.2, 0.25) is 0 Å². The summed E-state index contributed by atoms with van der Waals surface area (Å²) in [5.74, 6) is -1.77. The molecule has 8 N–H and O–H groups in total. The van der Waals surface area contributed by atoms with Crippen LogP contribution < -0.4 is 0 Å². The van der Waals surface area contributed by atoms with Crippen LogP contribution in [-0.4, -0.2) is 194 Å². The van der Waals surface area contributed by atoms with Crippen molar-refractivity contribution >= 4 is 0 Å². The summed E-state index contributed by atoms with van der Waals surface area (Å²) in [5, 5.41) is 83.2. The zero-order chi connectivity index (χ0) is 32.7. The highest BCUT2D eigenvalue weighted by Crippen LogP contribution is 2.26. The zero-order valence-corrected chi connectivity index (χ0v) is 25.9. The minimum Gasteiger partial charge on any atom is -0.390 e. The van der Waals surface area contributed by atoms with Gasteiger partial charge in [-0.2, -0.15) is 0 Å². The van der Waals surface area contributed by atoms with E-state index in [0.717, 1.165) is 0 Å². The lowest BCUT2D eigenvalue weighted by Crippen LogP contribution is -2.55. The maximum atomic E-state index is 10.7. The fourth-order valence-electron chi connectivity index (χ4n) is 6.06. The Balaban J connectivity index is 1.10. The van der Waals surface area contributed by atoms with Gasteiger partial charge in [0.25, 0.3) is 0 Å². The van der Waals surface area contributed by atoms with Crippen LogP contribution in [0.15, 0.2) is 0 Å². The SMILES string of the molecule is COC[C@@H]1OC[C@@H](COC[C@@H]2OC[C@@H](COC[C@@H]3OC[C@@H](COC[C@@H]4OC[C@@H](C)[C@@H](O)C4O)C(O)C3O)[C@@H](O)C2O)C(O)C1O. The highest BCUT2D eigenvalue weighted by molar-refractivity contribution is 4.90. The van der Waals surface area contributed by atoms with Crippen molar-refractivity contribution in [3.8, 4) is 0 Å². The number of methoxy groups -OCH3 is 1. The molecule has 45 heavy (non-hydrogen) atoms. The number of aliphatic hydroxyl groups excluding tert-OH is 8. The molecule has 4 heterocycles. The van der Waals surface area contributed by atoms with Gasteiger partial charge in [-0.1, -0.05) is 6.92 Å². The Morgan fingerprint density at radius 3 is 1.09 bits per heavy atom. The molecule has 4 rings (SSSR count). The lowest BCUT2D eigenvalue weighted by Gasteiger charge is -2.40. The summed E-state index contributed by atoms with van der Waals surface area (Å²) in [7, 11) is 1.48. The van der Waals surface area contributed by atoms with Crippen molar-refractivity contribution in [3.63, 3.8) is 0 Å². The molecule has 264 valence electrons. The molecule has 0 aromatic rings. The minimum atomic E-state index is -1.26. The van der Waals surface area contributed by atoms with Gasteiger partial charge in [-0.25, -0.2) is 0 Å². The van der Waals surface area contributed by atoms with Crippen LogP contribution in [0.4, 0.5) is 0 Å². The maximum Gasteiger partial charge on any atom is 0.109 e. The topological polar surface area (TPSA) is 236 Å². The third kappa shape index (κ3) is 9.50. The second-order valence-corrected chi connectivity index (χ2v) is 12.7. The summed E-state index contributed by atoms with van der Waals surface area (Å²) in [4.78, 5) is 0. The molecule has 16 nitrogen and oxygen atoms in total. The second kappa shape index (κ2) is 17.7. The third-order valence-corrected chi connectivity index (χ3v) is 9.27. The van der Waals surface area contributed by atoms with E-state index >= 15 is 0 Å². The molecule has 0 saturated carbocycles. The largest absolute Gasteiger partial charge is 0.390 e. The van der Waals surface area contributed by atoms with Gasteiger partial charge in [-0.3, -0.25) is 0 Å². The molecule has 4 aliphatic rings. The van der Waals surface area contributed by atoms with Crippen molar-refractivity contribution in [2.75, 3.05) is 79.8 Å². The zero-order valence-electron chi connectivity index (χ0n) is 25.9. The fraction of sp³-hybridized carbons (Fsp3) is 1.00. The highest BCUT2D eigenvalue weighted by atomic mass is 16.6.